The highest BCUT2D eigenvalue weighted by Crippen LogP contribution is 2.41. The van der Waals surface area contributed by atoms with Crippen LogP contribution in [0.25, 0.3) is 0 Å². The second-order valence-corrected chi connectivity index (χ2v) is 7.46. The lowest BCUT2D eigenvalue weighted by atomic mass is 10.0. The molecule has 2 N–H and O–H groups in total. The molecule has 1 aliphatic carbocycles. The van der Waals surface area contributed by atoms with Crippen molar-refractivity contribution >= 4 is 6.03 Å². The molecule has 1 aromatic rings. The van der Waals surface area contributed by atoms with Gasteiger partial charge >= 0.3 is 6.03 Å². The molecule has 2 aliphatic rings. The van der Waals surface area contributed by atoms with Crippen molar-refractivity contribution in [3.05, 3.63) is 29.8 Å². The number of carbonyl (C=O) groups is 1. The first-order valence-electron chi connectivity index (χ1n) is 9.01. The highest BCUT2D eigenvalue weighted by molar-refractivity contribution is 5.75. The zero-order chi connectivity index (χ0) is 17.9. The number of benzene rings is 1. The summed E-state index contributed by atoms with van der Waals surface area (Å²) in [6.07, 6.45) is 0.993. The number of nitrogens with one attached hydrogen (secondary N) is 2. The molecule has 3 rings (SSSR count). The highest BCUT2D eigenvalue weighted by Gasteiger charge is 2.39. The molecule has 25 heavy (non-hydrogen) atoms. The summed E-state index contributed by atoms with van der Waals surface area (Å²) in [5.41, 5.74) is 1.18. The lowest BCUT2D eigenvalue weighted by molar-refractivity contribution is -0.00874. The van der Waals surface area contributed by atoms with Crippen molar-refractivity contribution in [2.45, 2.75) is 37.8 Å². The molecule has 2 amide bonds. The average Bonchev–Trinajstić information content (AvgIpc) is 3.40. The summed E-state index contributed by atoms with van der Waals surface area (Å²) in [5, 5.41) is 6.11. The third-order valence-electron chi connectivity index (χ3n) is 5.20. The predicted octanol–water partition coefficient (Wildman–Crippen LogP) is 1.96. The molecule has 1 saturated heterocycles. The second-order valence-electron chi connectivity index (χ2n) is 7.46. The van der Waals surface area contributed by atoms with Gasteiger partial charge in [-0.3, -0.25) is 4.90 Å². The van der Waals surface area contributed by atoms with Gasteiger partial charge < -0.3 is 20.1 Å². The van der Waals surface area contributed by atoms with Gasteiger partial charge in [-0.25, -0.2) is 4.79 Å². The number of hydrogen-bond donors (Lipinski definition) is 2. The van der Waals surface area contributed by atoms with Crippen molar-refractivity contribution in [1.82, 2.24) is 15.5 Å². The van der Waals surface area contributed by atoms with Crippen LogP contribution in [0.4, 0.5) is 4.79 Å². The Kier molecular flexibility index (Phi) is 5.49. The Hall–Kier alpha value is -1.79. The first kappa shape index (κ1) is 18.0. The van der Waals surface area contributed by atoms with E-state index in [9.17, 15) is 4.79 Å². The molecule has 0 spiro atoms. The summed E-state index contributed by atoms with van der Waals surface area (Å²) in [7, 11) is 1.67. The maximum atomic E-state index is 12.2. The van der Waals surface area contributed by atoms with E-state index in [1.807, 2.05) is 12.1 Å². The van der Waals surface area contributed by atoms with Gasteiger partial charge in [0.05, 0.1) is 20.3 Å². The van der Waals surface area contributed by atoms with Gasteiger partial charge in [0.2, 0.25) is 0 Å². The molecule has 2 fully saturated rings. The second kappa shape index (κ2) is 7.62. The van der Waals surface area contributed by atoms with E-state index in [-0.39, 0.29) is 17.6 Å². The summed E-state index contributed by atoms with van der Waals surface area (Å²) in [6.45, 7) is 8.31. The quantitative estimate of drug-likeness (QED) is 0.826. The van der Waals surface area contributed by atoms with Gasteiger partial charge in [-0.2, -0.15) is 0 Å². The van der Waals surface area contributed by atoms with Crippen LogP contribution in [0.15, 0.2) is 24.3 Å². The summed E-state index contributed by atoms with van der Waals surface area (Å²) < 4.78 is 10.6. The lowest BCUT2D eigenvalue weighted by Gasteiger charge is -2.40. The van der Waals surface area contributed by atoms with Crippen LogP contribution in [0, 0.1) is 0 Å². The van der Waals surface area contributed by atoms with Crippen LogP contribution in [0.2, 0.25) is 0 Å². The largest absolute Gasteiger partial charge is 0.497 e. The molecular weight excluding hydrogens is 318 g/mol. The van der Waals surface area contributed by atoms with Crippen LogP contribution < -0.4 is 15.4 Å². The Balaban J connectivity index is 1.42. The number of carbonyl (C=O) groups excluding carboxylic acids is 1. The molecule has 0 radical (unpaired) electrons. The van der Waals surface area contributed by atoms with Gasteiger partial charge in [0.25, 0.3) is 0 Å². The standard InChI is InChI=1S/C19H29N3O3/c1-19(2,22-8-10-25-11-9-22)13-20-18(23)21-17-12-16(17)14-4-6-15(24-3)7-5-14/h4-7,16-17H,8-13H2,1-3H3,(H2,20,21,23)/t16-,17-/m1/s1. The summed E-state index contributed by atoms with van der Waals surface area (Å²) in [6, 6.07) is 8.22. The molecule has 6 nitrogen and oxygen atoms in total. The molecule has 1 saturated carbocycles. The number of urea groups is 1. The number of morpholine rings is 1. The zero-order valence-corrected chi connectivity index (χ0v) is 15.4. The molecule has 2 atom stereocenters. The minimum Gasteiger partial charge on any atom is -0.497 e. The molecule has 0 unspecified atom stereocenters. The number of ether oxygens (including phenoxy) is 2. The van der Waals surface area contributed by atoms with Gasteiger partial charge in [-0.05, 0) is 38.0 Å². The lowest BCUT2D eigenvalue weighted by Crippen LogP contribution is -2.56. The van der Waals surface area contributed by atoms with Gasteiger partial charge in [0.15, 0.2) is 0 Å². The maximum absolute atomic E-state index is 12.2. The zero-order valence-electron chi connectivity index (χ0n) is 15.4. The van der Waals surface area contributed by atoms with Crippen molar-refractivity contribution in [1.29, 1.82) is 0 Å². The van der Waals surface area contributed by atoms with Gasteiger partial charge in [-0.15, -0.1) is 0 Å². The molecule has 1 heterocycles. The Morgan fingerprint density at radius 2 is 1.96 bits per heavy atom. The molecular formula is C19H29N3O3. The third-order valence-corrected chi connectivity index (χ3v) is 5.20. The fourth-order valence-electron chi connectivity index (χ4n) is 3.37. The number of hydrogen-bond acceptors (Lipinski definition) is 4. The van der Waals surface area contributed by atoms with E-state index in [1.165, 1.54) is 5.56 Å². The normalized spacial score (nSPS) is 23.8. The minimum absolute atomic E-state index is 0.0694. The summed E-state index contributed by atoms with van der Waals surface area (Å²) in [5.74, 6) is 1.26. The minimum atomic E-state index is -0.0812. The molecule has 0 aromatic heterocycles. The van der Waals surface area contributed by atoms with Gasteiger partial charge in [-0.1, -0.05) is 12.1 Å². The van der Waals surface area contributed by atoms with E-state index in [4.69, 9.17) is 9.47 Å². The number of rotatable bonds is 6. The fourth-order valence-corrected chi connectivity index (χ4v) is 3.37. The van der Waals surface area contributed by atoms with E-state index >= 15 is 0 Å². The van der Waals surface area contributed by atoms with Gasteiger partial charge in [0, 0.05) is 37.1 Å². The smallest absolute Gasteiger partial charge is 0.315 e. The topological polar surface area (TPSA) is 62.8 Å². The first-order valence-corrected chi connectivity index (χ1v) is 9.01. The molecule has 1 aromatic carbocycles. The highest BCUT2D eigenvalue weighted by atomic mass is 16.5. The van der Waals surface area contributed by atoms with E-state index < -0.39 is 0 Å². The van der Waals surface area contributed by atoms with Crippen LogP contribution in [0.3, 0.4) is 0 Å². The van der Waals surface area contributed by atoms with E-state index in [2.05, 4.69) is 41.5 Å². The summed E-state index contributed by atoms with van der Waals surface area (Å²) in [4.78, 5) is 14.6. The van der Waals surface area contributed by atoms with Crippen LogP contribution in [0.1, 0.15) is 31.7 Å². The predicted molar refractivity (Wildman–Crippen MR) is 97.1 cm³/mol. The van der Waals surface area contributed by atoms with Crippen molar-refractivity contribution in [3.63, 3.8) is 0 Å². The van der Waals surface area contributed by atoms with Crippen molar-refractivity contribution in [2.24, 2.45) is 0 Å². The Morgan fingerprint density at radius 3 is 2.60 bits per heavy atom. The van der Waals surface area contributed by atoms with Gasteiger partial charge in [0.1, 0.15) is 5.75 Å². The Morgan fingerprint density at radius 1 is 1.28 bits per heavy atom. The van der Waals surface area contributed by atoms with E-state index in [0.29, 0.717) is 12.5 Å². The maximum Gasteiger partial charge on any atom is 0.315 e. The SMILES string of the molecule is COc1ccc([C@H]2C[C@H]2NC(=O)NCC(C)(C)N2CCOCC2)cc1. The summed E-state index contributed by atoms with van der Waals surface area (Å²) >= 11 is 0. The Labute approximate surface area is 149 Å². The Bertz CT molecular complexity index is 582. The van der Waals surface area contributed by atoms with Crippen molar-refractivity contribution in [3.8, 4) is 5.75 Å². The number of methoxy groups -OCH3 is 1. The monoisotopic (exact) mass is 347 g/mol. The third kappa shape index (κ3) is 4.64. The molecule has 0 bridgehead atoms. The molecule has 6 heteroatoms. The number of amides is 2. The molecule has 138 valence electrons. The molecule has 1 aliphatic heterocycles. The van der Waals surface area contributed by atoms with E-state index in [0.717, 1.165) is 38.5 Å². The fraction of sp³-hybridized carbons (Fsp3) is 0.632. The van der Waals surface area contributed by atoms with Crippen molar-refractivity contribution in [2.75, 3.05) is 40.0 Å². The number of nitrogens with zero attached hydrogens (tertiary/aromatic N) is 1. The van der Waals surface area contributed by atoms with Crippen LogP contribution in [0.5, 0.6) is 5.75 Å². The average molecular weight is 347 g/mol. The van der Waals surface area contributed by atoms with Crippen LogP contribution >= 0.6 is 0 Å². The van der Waals surface area contributed by atoms with Crippen LogP contribution in [-0.2, 0) is 4.74 Å². The van der Waals surface area contributed by atoms with E-state index in [1.54, 1.807) is 7.11 Å². The van der Waals surface area contributed by atoms with Crippen LogP contribution in [-0.4, -0.2) is 62.5 Å². The van der Waals surface area contributed by atoms with Crippen molar-refractivity contribution < 1.29 is 14.3 Å². The first-order chi connectivity index (χ1) is 12.0.